The number of carbonyl (C=O) groups excluding carboxylic acids is 1. The van der Waals surface area contributed by atoms with Gasteiger partial charge in [-0.2, -0.15) is 0 Å². The van der Waals surface area contributed by atoms with Crippen LogP contribution in [0.15, 0.2) is 12.4 Å². The molecular formula is C9H11N5OS. The molecule has 2 rings (SSSR count). The molecule has 0 aliphatic heterocycles. The lowest BCUT2D eigenvalue weighted by molar-refractivity contribution is 0.0953. The summed E-state index contributed by atoms with van der Waals surface area (Å²) >= 11 is 1.12. The second kappa shape index (κ2) is 4.84. The molecule has 0 aliphatic carbocycles. The number of aromatic amines is 1. The van der Waals surface area contributed by atoms with Gasteiger partial charge in [0.1, 0.15) is 10.7 Å². The number of imidazole rings is 1. The summed E-state index contributed by atoms with van der Waals surface area (Å²) in [4.78, 5) is 19.3. The summed E-state index contributed by atoms with van der Waals surface area (Å²) in [5.74, 6) is 0.576. The van der Waals surface area contributed by atoms with Crippen LogP contribution in [0.1, 0.15) is 28.1 Å². The summed E-state index contributed by atoms with van der Waals surface area (Å²) in [6.45, 7) is 2.33. The first-order chi connectivity index (χ1) is 7.81. The maximum atomic E-state index is 11.8. The van der Waals surface area contributed by atoms with Gasteiger partial charge in [-0.3, -0.25) is 4.79 Å². The van der Waals surface area contributed by atoms with Crippen molar-refractivity contribution in [1.29, 1.82) is 0 Å². The average Bonchev–Trinajstić information content (AvgIpc) is 2.96. The van der Waals surface area contributed by atoms with Crippen molar-refractivity contribution in [3.63, 3.8) is 0 Å². The average molecular weight is 237 g/mol. The highest BCUT2D eigenvalue weighted by Crippen LogP contribution is 2.10. The number of aromatic nitrogens is 4. The number of nitrogens with zero attached hydrogens (tertiary/aromatic N) is 3. The van der Waals surface area contributed by atoms with E-state index in [2.05, 4.69) is 24.9 Å². The number of hydrogen-bond donors (Lipinski definition) is 2. The van der Waals surface area contributed by atoms with Crippen molar-refractivity contribution in [3.05, 3.63) is 28.8 Å². The van der Waals surface area contributed by atoms with Crippen LogP contribution >= 0.6 is 11.5 Å². The molecule has 0 unspecified atom stereocenters. The summed E-state index contributed by atoms with van der Waals surface area (Å²) in [6, 6.07) is 0. The Morgan fingerprint density at radius 3 is 3.19 bits per heavy atom. The van der Waals surface area contributed by atoms with E-state index in [1.54, 1.807) is 12.4 Å². The molecule has 0 saturated carbocycles. The van der Waals surface area contributed by atoms with E-state index < -0.39 is 0 Å². The third-order valence-electron chi connectivity index (χ3n) is 2.07. The summed E-state index contributed by atoms with van der Waals surface area (Å²) in [5.41, 5.74) is 0.738. The van der Waals surface area contributed by atoms with E-state index in [-0.39, 0.29) is 5.91 Å². The summed E-state index contributed by atoms with van der Waals surface area (Å²) in [5, 5.41) is 6.64. The second-order valence-corrected chi connectivity index (χ2v) is 3.87. The first-order valence-corrected chi connectivity index (χ1v) is 5.66. The van der Waals surface area contributed by atoms with Crippen molar-refractivity contribution in [2.24, 2.45) is 0 Å². The van der Waals surface area contributed by atoms with Gasteiger partial charge in [0.25, 0.3) is 5.91 Å². The molecule has 2 heterocycles. The lowest BCUT2D eigenvalue weighted by Gasteiger charge is -2.01. The normalized spacial score (nSPS) is 10.3. The third kappa shape index (κ3) is 2.25. The SMILES string of the molecule is CCc1nnsc1C(=O)NCc1ncc[nH]1. The predicted octanol–water partition coefficient (Wildman–Crippen LogP) is 0.754. The summed E-state index contributed by atoms with van der Waals surface area (Å²) < 4.78 is 3.77. The lowest BCUT2D eigenvalue weighted by Crippen LogP contribution is -2.23. The van der Waals surface area contributed by atoms with Crippen LogP contribution in [-0.2, 0) is 13.0 Å². The predicted molar refractivity (Wildman–Crippen MR) is 59.0 cm³/mol. The highest BCUT2D eigenvalue weighted by Gasteiger charge is 2.14. The minimum Gasteiger partial charge on any atom is -0.347 e. The van der Waals surface area contributed by atoms with Crippen LogP contribution in [0, 0.1) is 0 Å². The van der Waals surface area contributed by atoms with Gasteiger partial charge in [-0.1, -0.05) is 11.4 Å². The molecule has 2 aromatic heterocycles. The Morgan fingerprint density at radius 2 is 2.50 bits per heavy atom. The molecule has 2 aromatic rings. The van der Waals surface area contributed by atoms with Crippen molar-refractivity contribution in [2.45, 2.75) is 19.9 Å². The molecule has 0 spiro atoms. The van der Waals surface area contributed by atoms with Crippen LogP contribution in [0.5, 0.6) is 0 Å². The number of nitrogens with one attached hydrogen (secondary N) is 2. The number of aryl methyl sites for hydroxylation is 1. The molecule has 1 amide bonds. The van der Waals surface area contributed by atoms with E-state index in [1.165, 1.54) is 0 Å². The number of H-pyrrole nitrogens is 1. The minimum absolute atomic E-state index is 0.150. The van der Waals surface area contributed by atoms with Gasteiger partial charge in [-0.05, 0) is 18.0 Å². The summed E-state index contributed by atoms with van der Waals surface area (Å²) in [6.07, 6.45) is 4.07. The van der Waals surface area contributed by atoms with Gasteiger partial charge in [0.2, 0.25) is 0 Å². The molecular weight excluding hydrogens is 226 g/mol. The van der Waals surface area contributed by atoms with Crippen LogP contribution in [0.2, 0.25) is 0 Å². The molecule has 0 radical (unpaired) electrons. The Bertz CT molecular complexity index is 464. The zero-order valence-corrected chi connectivity index (χ0v) is 9.54. The Morgan fingerprint density at radius 1 is 1.62 bits per heavy atom. The zero-order chi connectivity index (χ0) is 11.4. The van der Waals surface area contributed by atoms with E-state index in [1.807, 2.05) is 6.92 Å². The highest BCUT2D eigenvalue weighted by atomic mass is 32.1. The van der Waals surface area contributed by atoms with Crippen LogP contribution in [0.4, 0.5) is 0 Å². The highest BCUT2D eigenvalue weighted by molar-refractivity contribution is 7.08. The Balaban J connectivity index is 1.98. The van der Waals surface area contributed by atoms with E-state index >= 15 is 0 Å². The van der Waals surface area contributed by atoms with Crippen LogP contribution in [-0.4, -0.2) is 25.5 Å². The summed E-state index contributed by atoms with van der Waals surface area (Å²) in [7, 11) is 0. The standard InChI is InChI=1S/C9H11N5OS/c1-2-6-8(16-14-13-6)9(15)12-5-7-10-3-4-11-7/h3-4H,2,5H2,1H3,(H,10,11)(H,12,15). The van der Waals surface area contributed by atoms with E-state index in [9.17, 15) is 4.79 Å². The number of amides is 1. The molecule has 7 heteroatoms. The van der Waals surface area contributed by atoms with Crippen molar-refractivity contribution in [2.75, 3.05) is 0 Å². The van der Waals surface area contributed by atoms with Gasteiger partial charge in [0, 0.05) is 12.4 Å². The Kier molecular flexibility index (Phi) is 3.25. The molecule has 0 aliphatic rings. The molecule has 16 heavy (non-hydrogen) atoms. The molecule has 6 nitrogen and oxygen atoms in total. The molecule has 0 atom stereocenters. The second-order valence-electron chi connectivity index (χ2n) is 3.12. The number of rotatable bonds is 4. The first kappa shape index (κ1) is 10.7. The Labute approximate surface area is 96.3 Å². The van der Waals surface area contributed by atoms with Gasteiger partial charge in [-0.15, -0.1) is 5.10 Å². The quantitative estimate of drug-likeness (QED) is 0.822. The van der Waals surface area contributed by atoms with Gasteiger partial charge in [-0.25, -0.2) is 4.98 Å². The lowest BCUT2D eigenvalue weighted by atomic mass is 10.3. The molecule has 84 valence electrons. The largest absolute Gasteiger partial charge is 0.347 e. The molecule has 2 N–H and O–H groups in total. The van der Waals surface area contributed by atoms with Crippen LogP contribution < -0.4 is 5.32 Å². The van der Waals surface area contributed by atoms with Gasteiger partial charge in [0.05, 0.1) is 12.2 Å². The topological polar surface area (TPSA) is 83.6 Å². The van der Waals surface area contributed by atoms with Gasteiger partial charge in [0.15, 0.2) is 0 Å². The monoisotopic (exact) mass is 237 g/mol. The molecule has 0 bridgehead atoms. The maximum Gasteiger partial charge on any atom is 0.265 e. The van der Waals surface area contributed by atoms with Crippen molar-refractivity contribution < 1.29 is 4.79 Å². The minimum atomic E-state index is -0.150. The maximum absolute atomic E-state index is 11.8. The van der Waals surface area contributed by atoms with E-state index in [0.29, 0.717) is 17.8 Å². The smallest absolute Gasteiger partial charge is 0.265 e. The van der Waals surface area contributed by atoms with Crippen molar-refractivity contribution in [3.8, 4) is 0 Å². The third-order valence-corrected chi connectivity index (χ3v) is 2.84. The first-order valence-electron chi connectivity index (χ1n) is 4.89. The fourth-order valence-electron chi connectivity index (χ4n) is 1.25. The van der Waals surface area contributed by atoms with E-state index in [0.717, 1.165) is 23.1 Å². The van der Waals surface area contributed by atoms with Crippen LogP contribution in [0.25, 0.3) is 0 Å². The fourth-order valence-corrected chi connectivity index (χ4v) is 1.92. The fraction of sp³-hybridized carbons (Fsp3) is 0.333. The van der Waals surface area contributed by atoms with Gasteiger partial charge < -0.3 is 10.3 Å². The van der Waals surface area contributed by atoms with E-state index in [4.69, 9.17) is 0 Å². The van der Waals surface area contributed by atoms with Crippen LogP contribution in [0.3, 0.4) is 0 Å². The number of hydrogen-bond acceptors (Lipinski definition) is 5. The molecule has 0 saturated heterocycles. The Hall–Kier alpha value is -1.76. The molecule has 0 aromatic carbocycles. The van der Waals surface area contributed by atoms with Crippen molar-refractivity contribution in [1.82, 2.24) is 24.9 Å². The van der Waals surface area contributed by atoms with Crippen molar-refractivity contribution >= 4 is 17.4 Å². The zero-order valence-electron chi connectivity index (χ0n) is 8.73. The van der Waals surface area contributed by atoms with Gasteiger partial charge >= 0.3 is 0 Å². The number of carbonyl (C=O) groups is 1. The molecule has 0 fully saturated rings.